The fourth-order valence-corrected chi connectivity index (χ4v) is 4.92. The highest BCUT2D eigenvalue weighted by molar-refractivity contribution is 6.32. The third kappa shape index (κ3) is 4.44. The van der Waals surface area contributed by atoms with Gasteiger partial charge in [-0.3, -0.25) is 9.78 Å². The lowest BCUT2D eigenvalue weighted by Gasteiger charge is -2.26. The van der Waals surface area contributed by atoms with Crippen molar-refractivity contribution < 1.29 is 14.3 Å². The van der Waals surface area contributed by atoms with Gasteiger partial charge >= 0.3 is 0 Å². The van der Waals surface area contributed by atoms with E-state index in [0.29, 0.717) is 27.9 Å². The maximum absolute atomic E-state index is 14.3. The highest BCUT2D eigenvalue weighted by atomic mass is 35.5. The third-order valence-corrected chi connectivity index (χ3v) is 6.88. The second-order valence-corrected chi connectivity index (χ2v) is 10.8. The smallest absolute Gasteiger partial charge is 0.170 e. The number of Topliss-reactive ketones (excluding diaryl/α,β-unsaturated/α-hetero) is 1. The van der Waals surface area contributed by atoms with Gasteiger partial charge < -0.3 is 10.4 Å². The van der Waals surface area contributed by atoms with E-state index in [4.69, 9.17) is 11.6 Å². The van der Waals surface area contributed by atoms with Crippen LogP contribution in [0.1, 0.15) is 55.1 Å². The van der Waals surface area contributed by atoms with Crippen LogP contribution in [0.5, 0.6) is 5.75 Å². The van der Waals surface area contributed by atoms with E-state index in [0.717, 1.165) is 35.0 Å². The summed E-state index contributed by atoms with van der Waals surface area (Å²) in [5.74, 6) is -1.29. The van der Waals surface area contributed by atoms with E-state index in [1.165, 1.54) is 12.1 Å². The van der Waals surface area contributed by atoms with Gasteiger partial charge in [-0.25, -0.2) is 4.39 Å². The number of halogens is 2. The van der Waals surface area contributed by atoms with Gasteiger partial charge in [-0.1, -0.05) is 50.6 Å². The number of aromatic hydroxyl groups is 1. The van der Waals surface area contributed by atoms with Crippen molar-refractivity contribution in [2.24, 2.45) is 5.92 Å². The molecule has 1 radical (unpaired) electrons. The summed E-state index contributed by atoms with van der Waals surface area (Å²) < 4.78 is 14.3. The molecule has 0 bridgehead atoms. The molecule has 1 heterocycles. The number of nitrogens with zero attached hydrogens (tertiary/aromatic N) is 1. The molecule has 5 rings (SSSR count). The molecule has 1 aliphatic carbocycles. The highest BCUT2D eigenvalue weighted by Crippen LogP contribution is 2.41. The molecule has 0 saturated heterocycles. The molecular formula is C30H27ClFN2O2. The van der Waals surface area contributed by atoms with Crippen LogP contribution < -0.4 is 5.32 Å². The Morgan fingerprint density at radius 3 is 2.56 bits per heavy atom. The van der Waals surface area contributed by atoms with Crippen LogP contribution in [0.3, 0.4) is 0 Å². The minimum absolute atomic E-state index is 0.0132. The van der Waals surface area contributed by atoms with Crippen LogP contribution in [0.2, 0.25) is 5.02 Å². The van der Waals surface area contributed by atoms with Gasteiger partial charge in [0.15, 0.2) is 17.3 Å². The Hall–Kier alpha value is -3.44. The van der Waals surface area contributed by atoms with Crippen molar-refractivity contribution in [1.82, 2.24) is 4.98 Å². The van der Waals surface area contributed by atoms with E-state index in [1.54, 1.807) is 6.20 Å². The van der Waals surface area contributed by atoms with Crippen molar-refractivity contribution >= 4 is 39.7 Å². The first-order chi connectivity index (χ1) is 17.0. The third-order valence-electron chi connectivity index (χ3n) is 6.59. The minimum atomic E-state index is -0.797. The summed E-state index contributed by atoms with van der Waals surface area (Å²) in [6.45, 7) is 10.6. The predicted octanol–water partition coefficient (Wildman–Crippen LogP) is 8.22. The molecule has 0 atom stereocenters. The molecule has 2 N–H and O–H groups in total. The number of rotatable bonds is 5. The van der Waals surface area contributed by atoms with Gasteiger partial charge in [0.05, 0.1) is 21.8 Å². The monoisotopic (exact) mass is 501 g/mol. The fraction of sp³-hybridized carbons (Fsp3) is 0.233. The number of carbonyl (C=O) groups is 1. The zero-order valence-corrected chi connectivity index (χ0v) is 21.2. The summed E-state index contributed by atoms with van der Waals surface area (Å²) in [5, 5.41) is 14.0. The number of hydrogen-bond donors (Lipinski definition) is 2. The lowest BCUT2D eigenvalue weighted by molar-refractivity contribution is 0.0968. The van der Waals surface area contributed by atoms with Crippen molar-refractivity contribution in [2.45, 2.75) is 39.0 Å². The second kappa shape index (κ2) is 8.90. The summed E-state index contributed by atoms with van der Waals surface area (Å²) in [4.78, 5) is 17.9. The van der Waals surface area contributed by atoms with E-state index in [9.17, 15) is 14.3 Å². The molecule has 36 heavy (non-hydrogen) atoms. The first-order valence-corrected chi connectivity index (χ1v) is 12.3. The first kappa shape index (κ1) is 24.3. The molecule has 0 unspecified atom stereocenters. The number of aromatic nitrogens is 1. The van der Waals surface area contributed by atoms with Crippen molar-refractivity contribution in [3.8, 4) is 16.9 Å². The number of phenolic OH excluding ortho intramolecular Hbond substituents is 1. The number of phenols is 1. The summed E-state index contributed by atoms with van der Waals surface area (Å²) in [5.41, 5.74) is 5.75. The predicted molar refractivity (Wildman–Crippen MR) is 144 cm³/mol. The van der Waals surface area contributed by atoms with Gasteiger partial charge in [0, 0.05) is 23.2 Å². The van der Waals surface area contributed by atoms with Gasteiger partial charge in [-0.2, -0.15) is 0 Å². The molecule has 0 spiro atoms. The average Bonchev–Trinajstić information content (AvgIpc) is 3.66. The van der Waals surface area contributed by atoms with E-state index in [2.05, 4.69) is 38.0 Å². The van der Waals surface area contributed by atoms with Crippen molar-refractivity contribution in [1.29, 1.82) is 0 Å². The Bertz CT molecular complexity index is 1500. The number of nitrogens with one attached hydrogen (secondary N) is 1. The molecule has 1 aromatic heterocycles. The Morgan fingerprint density at radius 2 is 1.89 bits per heavy atom. The van der Waals surface area contributed by atoms with Gasteiger partial charge in [-0.05, 0) is 77.8 Å². The van der Waals surface area contributed by atoms with Crippen LogP contribution in [0.15, 0.2) is 54.7 Å². The van der Waals surface area contributed by atoms with Gasteiger partial charge in [-0.15, -0.1) is 0 Å². The molecule has 4 nitrogen and oxygen atoms in total. The Labute approximate surface area is 215 Å². The average molecular weight is 502 g/mol. The van der Waals surface area contributed by atoms with Gasteiger partial charge in [0.1, 0.15) is 0 Å². The molecule has 1 aliphatic rings. The number of carbonyl (C=O) groups excluding carboxylic acids is 1. The van der Waals surface area contributed by atoms with Crippen LogP contribution in [0, 0.1) is 18.7 Å². The first-order valence-electron chi connectivity index (χ1n) is 11.9. The molecule has 0 aliphatic heterocycles. The van der Waals surface area contributed by atoms with Crippen LogP contribution in [-0.2, 0) is 5.41 Å². The Morgan fingerprint density at radius 1 is 1.14 bits per heavy atom. The lowest BCUT2D eigenvalue weighted by Crippen LogP contribution is -2.16. The number of benzene rings is 3. The molecule has 3 aromatic carbocycles. The van der Waals surface area contributed by atoms with Gasteiger partial charge in [0.2, 0.25) is 0 Å². The van der Waals surface area contributed by atoms with E-state index in [1.807, 2.05) is 36.4 Å². The minimum Gasteiger partial charge on any atom is -0.504 e. The van der Waals surface area contributed by atoms with Gasteiger partial charge in [0.25, 0.3) is 0 Å². The van der Waals surface area contributed by atoms with Crippen LogP contribution in [-0.4, -0.2) is 15.9 Å². The summed E-state index contributed by atoms with van der Waals surface area (Å²) >= 11 is 6.04. The van der Waals surface area contributed by atoms with Crippen LogP contribution in [0.25, 0.3) is 22.0 Å². The zero-order chi connectivity index (χ0) is 25.8. The largest absolute Gasteiger partial charge is 0.504 e. The number of ketones is 1. The van der Waals surface area contributed by atoms with E-state index in [-0.39, 0.29) is 22.1 Å². The summed E-state index contributed by atoms with van der Waals surface area (Å²) in [6.07, 6.45) is 3.40. The van der Waals surface area contributed by atoms with Crippen LogP contribution >= 0.6 is 11.6 Å². The molecular weight excluding hydrogens is 475 g/mol. The van der Waals surface area contributed by atoms with Crippen LogP contribution in [0.4, 0.5) is 15.8 Å². The van der Waals surface area contributed by atoms with Crippen molar-refractivity contribution in [2.75, 3.05) is 5.32 Å². The fourth-order valence-electron chi connectivity index (χ4n) is 4.72. The molecule has 1 saturated carbocycles. The quantitative estimate of drug-likeness (QED) is 0.270. The molecule has 183 valence electrons. The SMILES string of the molecule is [CH2]c1cccc(Nc2c(C(=O)C3CC3)cnc3ccc(-c4cc(F)c(O)c(Cl)c4)cc23)c1C(C)(C)C. The Kier molecular flexibility index (Phi) is 6.00. The van der Waals surface area contributed by atoms with Crippen molar-refractivity contribution in [3.63, 3.8) is 0 Å². The molecule has 1 fully saturated rings. The van der Waals surface area contributed by atoms with E-state index < -0.39 is 11.6 Å². The molecule has 4 aromatic rings. The number of pyridine rings is 1. The number of anilines is 2. The Balaban J connectivity index is 1.73. The van der Waals surface area contributed by atoms with E-state index >= 15 is 0 Å². The zero-order valence-electron chi connectivity index (χ0n) is 20.5. The maximum atomic E-state index is 14.3. The topological polar surface area (TPSA) is 62.2 Å². The molecule has 0 amide bonds. The number of hydrogen-bond acceptors (Lipinski definition) is 4. The lowest BCUT2D eigenvalue weighted by atomic mass is 9.82. The second-order valence-electron chi connectivity index (χ2n) is 10.4. The number of fused-ring (bicyclic) bond motifs is 1. The van der Waals surface area contributed by atoms with Crippen molar-refractivity contribution in [3.05, 3.63) is 89.2 Å². The maximum Gasteiger partial charge on any atom is 0.170 e. The summed E-state index contributed by atoms with van der Waals surface area (Å²) in [7, 11) is 0. The normalized spacial score (nSPS) is 13.7. The standard InChI is InChI=1S/C30H27ClFN2O2/c1-16-6-5-7-25(26(16)30(2,3)4)34-27-20-12-18(19-13-22(31)29(36)23(32)14-19)10-11-24(20)33-15-21(27)28(35)17-8-9-17/h5-7,10-15,17,36H,1,8-9H2,2-4H3,(H,33,34). The molecule has 6 heteroatoms. The summed E-state index contributed by atoms with van der Waals surface area (Å²) in [6, 6.07) is 14.2. The highest BCUT2D eigenvalue weighted by Gasteiger charge is 2.33.